The summed E-state index contributed by atoms with van der Waals surface area (Å²) in [6.45, 7) is 9.30. The van der Waals surface area contributed by atoms with Crippen LogP contribution < -0.4 is 5.32 Å². The summed E-state index contributed by atoms with van der Waals surface area (Å²) >= 11 is 0. The Balaban J connectivity index is 2.27. The SMILES string of the molecule is CCNC(Cc1cc(C)ccc1C)c1ccnc(C)n1. The van der Waals surface area contributed by atoms with Crippen LogP contribution >= 0.6 is 0 Å². The molecule has 0 saturated carbocycles. The number of nitrogens with one attached hydrogen (secondary N) is 1. The summed E-state index contributed by atoms with van der Waals surface area (Å²) in [5.41, 5.74) is 5.09. The number of rotatable bonds is 5. The molecule has 1 unspecified atom stereocenters. The lowest BCUT2D eigenvalue weighted by atomic mass is 9.97. The highest BCUT2D eigenvalue weighted by Crippen LogP contribution is 2.20. The molecule has 1 atom stereocenters. The molecule has 0 saturated heterocycles. The first-order valence-electron chi connectivity index (χ1n) is 7.19. The van der Waals surface area contributed by atoms with Crippen LogP contribution in [0.15, 0.2) is 30.5 Å². The molecule has 1 heterocycles. The van der Waals surface area contributed by atoms with E-state index >= 15 is 0 Å². The minimum atomic E-state index is 0.238. The molecular weight excluding hydrogens is 246 g/mol. The second-order valence-corrected chi connectivity index (χ2v) is 5.27. The third-order valence-electron chi connectivity index (χ3n) is 3.53. The van der Waals surface area contributed by atoms with E-state index in [1.54, 1.807) is 0 Å². The molecule has 0 fully saturated rings. The number of likely N-dealkylation sites (N-methyl/N-ethyl adjacent to an activating group) is 1. The fourth-order valence-electron chi connectivity index (χ4n) is 2.44. The van der Waals surface area contributed by atoms with Crippen molar-refractivity contribution in [3.8, 4) is 0 Å². The highest BCUT2D eigenvalue weighted by molar-refractivity contribution is 5.32. The molecular formula is C17H23N3. The smallest absolute Gasteiger partial charge is 0.125 e. The molecule has 2 rings (SSSR count). The number of aryl methyl sites for hydroxylation is 3. The molecule has 0 spiro atoms. The predicted octanol–water partition coefficient (Wildman–Crippen LogP) is 3.30. The van der Waals surface area contributed by atoms with E-state index in [-0.39, 0.29) is 6.04 Å². The number of benzene rings is 1. The van der Waals surface area contributed by atoms with E-state index in [4.69, 9.17) is 0 Å². The van der Waals surface area contributed by atoms with Gasteiger partial charge in [-0.15, -0.1) is 0 Å². The zero-order valence-electron chi connectivity index (χ0n) is 12.8. The van der Waals surface area contributed by atoms with Gasteiger partial charge in [0.15, 0.2) is 0 Å². The number of hydrogen-bond acceptors (Lipinski definition) is 3. The summed E-state index contributed by atoms with van der Waals surface area (Å²) in [5.74, 6) is 0.825. The molecule has 0 aliphatic rings. The van der Waals surface area contributed by atoms with Crippen molar-refractivity contribution in [3.63, 3.8) is 0 Å². The van der Waals surface area contributed by atoms with E-state index in [2.05, 4.69) is 54.3 Å². The summed E-state index contributed by atoms with van der Waals surface area (Å²) in [6, 6.07) is 8.87. The summed E-state index contributed by atoms with van der Waals surface area (Å²) < 4.78 is 0. The highest BCUT2D eigenvalue weighted by Gasteiger charge is 2.14. The molecule has 1 N–H and O–H groups in total. The van der Waals surface area contributed by atoms with Crippen molar-refractivity contribution in [2.75, 3.05) is 6.54 Å². The van der Waals surface area contributed by atoms with Gasteiger partial charge in [0.05, 0.1) is 11.7 Å². The topological polar surface area (TPSA) is 37.8 Å². The second kappa shape index (κ2) is 6.62. The van der Waals surface area contributed by atoms with Crippen molar-refractivity contribution in [1.29, 1.82) is 0 Å². The molecule has 3 heteroatoms. The number of aromatic nitrogens is 2. The van der Waals surface area contributed by atoms with Crippen LogP contribution in [0.2, 0.25) is 0 Å². The zero-order chi connectivity index (χ0) is 14.5. The standard InChI is InChI=1S/C17H23N3/c1-5-18-17(16-8-9-19-14(4)20-16)11-15-10-12(2)6-7-13(15)3/h6-10,17-18H,5,11H2,1-4H3. The van der Waals surface area contributed by atoms with Crippen LogP contribution in [0, 0.1) is 20.8 Å². The van der Waals surface area contributed by atoms with E-state index in [1.165, 1.54) is 16.7 Å². The maximum absolute atomic E-state index is 4.57. The lowest BCUT2D eigenvalue weighted by molar-refractivity contribution is 0.533. The first-order valence-corrected chi connectivity index (χ1v) is 7.19. The van der Waals surface area contributed by atoms with Gasteiger partial charge in [-0.05, 0) is 50.9 Å². The first-order chi connectivity index (χ1) is 9.60. The molecule has 0 aliphatic heterocycles. The third-order valence-corrected chi connectivity index (χ3v) is 3.53. The fourth-order valence-corrected chi connectivity index (χ4v) is 2.44. The van der Waals surface area contributed by atoms with E-state index in [0.717, 1.165) is 24.5 Å². The highest BCUT2D eigenvalue weighted by atomic mass is 15.0. The second-order valence-electron chi connectivity index (χ2n) is 5.27. The van der Waals surface area contributed by atoms with Crippen molar-refractivity contribution in [2.24, 2.45) is 0 Å². The van der Waals surface area contributed by atoms with Gasteiger partial charge in [0.1, 0.15) is 5.82 Å². The van der Waals surface area contributed by atoms with E-state index in [9.17, 15) is 0 Å². The fraction of sp³-hybridized carbons (Fsp3) is 0.412. The molecule has 0 amide bonds. The Bertz CT molecular complexity index is 578. The van der Waals surface area contributed by atoms with E-state index in [0.29, 0.717) is 0 Å². The Hall–Kier alpha value is -1.74. The van der Waals surface area contributed by atoms with Crippen LogP contribution in [0.1, 0.15) is 41.2 Å². The van der Waals surface area contributed by atoms with Crippen molar-refractivity contribution in [3.05, 3.63) is 58.7 Å². The molecule has 3 nitrogen and oxygen atoms in total. The van der Waals surface area contributed by atoms with Gasteiger partial charge in [-0.1, -0.05) is 30.7 Å². The first kappa shape index (κ1) is 14.7. The van der Waals surface area contributed by atoms with Crippen LogP contribution in [0.5, 0.6) is 0 Å². The normalized spacial score (nSPS) is 12.4. The Morgan fingerprint density at radius 3 is 2.65 bits per heavy atom. The lowest BCUT2D eigenvalue weighted by Crippen LogP contribution is -2.24. The Labute approximate surface area is 121 Å². The van der Waals surface area contributed by atoms with Crippen LogP contribution in [0.3, 0.4) is 0 Å². The van der Waals surface area contributed by atoms with Gasteiger partial charge in [0.25, 0.3) is 0 Å². The number of nitrogens with zero attached hydrogens (tertiary/aromatic N) is 2. The third kappa shape index (κ3) is 3.64. The van der Waals surface area contributed by atoms with Gasteiger partial charge >= 0.3 is 0 Å². The Kier molecular flexibility index (Phi) is 4.85. The minimum Gasteiger partial charge on any atom is -0.309 e. The average molecular weight is 269 g/mol. The minimum absolute atomic E-state index is 0.238. The summed E-state index contributed by atoms with van der Waals surface area (Å²) in [4.78, 5) is 8.75. The van der Waals surface area contributed by atoms with Crippen LogP contribution in [0.25, 0.3) is 0 Å². The van der Waals surface area contributed by atoms with Gasteiger partial charge < -0.3 is 5.32 Å². The maximum Gasteiger partial charge on any atom is 0.125 e. The van der Waals surface area contributed by atoms with Gasteiger partial charge in [0, 0.05) is 6.20 Å². The summed E-state index contributed by atoms with van der Waals surface area (Å²) in [5, 5.41) is 3.53. The monoisotopic (exact) mass is 269 g/mol. The van der Waals surface area contributed by atoms with Gasteiger partial charge in [-0.2, -0.15) is 0 Å². The molecule has 1 aromatic heterocycles. The van der Waals surface area contributed by atoms with Crippen molar-refractivity contribution < 1.29 is 0 Å². The molecule has 0 radical (unpaired) electrons. The van der Waals surface area contributed by atoms with E-state index < -0.39 is 0 Å². The quantitative estimate of drug-likeness (QED) is 0.905. The molecule has 2 aromatic rings. The van der Waals surface area contributed by atoms with E-state index in [1.807, 2.05) is 19.2 Å². The summed E-state index contributed by atoms with van der Waals surface area (Å²) in [7, 11) is 0. The van der Waals surface area contributed by atoms with Crippen LogP contribution in [0.4, 0.5) is 0 Å². The zero-order valence-corrected chi connectivity index (χ0v) is 12.8. The largest absolute Gasteiger partial charge is 0.309 e. The van der Waals surface area contributed by atoms with Crippen LogP contribution in [-0.4, -0.2) is 16.5 Å². The molecule has 20 heavy (non-hydrogen) atoms. The average Bonchev–Trinajstić information content (AvgIpc) is 2.42. The van der Waals surface area contributed by atoms with Crippen molar-refractivity contribution in [2.45, 2.75) is 40.2 Å². The molecule has 1 aromatic carbocycles. The Morgan fingerprint density at radius 1 is 1.15 bits per heavy atom. The Morgan fingerprint density at radius 2 is 1.95 bits per heavy atom. The van der Waals surface area contributed by atoms with Crippen molar-refractivity contribution in [1.82, 2.24) is 15.3 Å². The van der Waals surface area contributed by atoms with Gasteiger partial charge in [-0.3, -0.25) is 0 Å². The van der Waals surface area contributed by atoms with Crippen molar-refractivity contribution >= 4 is 0 Å². The molecule has 0 bridgehead atoms. The van der Waals surface area contributed by atoms with Gasteiger partial charge in [-0.25, -0.2) is 9.97 Å². The number of hydrogen-bond donors (Lipinski definition) is 1. The molecule has 106 valence electrons. The maximum atomic E-state index is 4.57. The van der Waals surface area contributed by atoms with Gasteiger partial charge in [0.2, 0.25) is 0 Å². The molecule has 0 aliphatic carbocycles. The summed E-state index contributed by atoms with van der Waals surface area (Å²) in [6.07, 6.45) is 2.79. The lowest BCUT2D eigenvalue weighted by Gasteiger charge is -2.19. The predicted molar refractivity (Wildman–Crippen MR) is 82.8 cm³/mol. The van der Waals surface area contributed by atoms with Crippen LogP contribution in [-0.2, 0) is 6.42 Å².